The molecule has 0 radical (unpaired) electrons. The van der Waals surface area contributed by atoms with Crippen molar-refractivity contribution in [3.63, 3.8) is 0 Å². The van der Waals surface area contributed by atoms with E-state index in [4.69, 9.17) is 0 Å². The van der Waals surface area contributed by atoms with E-state index in [1.165, 1.54) is 13.9 Å². The normalized spacial score (nSPS) is 26.9. The van der Waals surface area contributed by atoms with Gasteiger partial charge in [0.25, 0.3) is 0 Å². The first-order valence-corrected chi connectivity index (χ1v) is 8.08. The van der Waals surface area contributed by atoms with E-state index in [0.717, 1.165) is 0 Å². The Hall–Kier alpha value is -2.89. The molecule has 2 aromatic rings. The molecule has 0 N–H and O–H groups in total. The van der Waals surface area contributed by atoms with Crippen molar-refractivity contribution < 1.29 is 4.79 Å². The summed E-state index contributed by atoms with van der Waals surface area (Å²) < 4.78 is 4.26. The molecule has 2 bridgehead atoms. The fourth-order valence-corrected chi connectivity index (χ4v) is 4.41. The number of allylic oxidation sites excluding steroid dienone is 4. The largest absolute Gasteiger partial charge is 0.352 e. The number of nitrogens with zero attached hydrogens (tertiary/aromatic N) is 3. The lowest BCUT2D eigenvalue weighted by Crippen LogP contribution is -2.40. The van der Waals surface area contributed by atoms with Crippen molar-refractivity contribution in [2.75, 3.05) is 0 Å². The highest BCUT2D eigenvalue weighted by atomic mass is 16.2. The molecular weight excluding hydrogens is 306 g/mol. The van der Waals surface area contributed by atoms with Crippen LogP contribution in [-0.2, 0) is 10.3 Å². The van der Waals surface area contributed by atoms with E-state index in [-0.39, 0.29) is 23.2 Å². The fraction of sp³-hybridized carbons (Fsp3) is 0.278. The number of rotatable bonds is 1. The SMILES string of the molecule is O=C1CC[C@@]23C[C@H](C=CC=C12)n1c(=O)n(-c2ccccc2)c(=O)n13. The molecule has 3 aliphatic rings. The van der Waals surface area contributed by atoms with Crippen molar-refractivity contribution in [3.05, 3.63) is 75.1 Å². The third kappa shape index (κ3) is 1.43. The highest BCUT2D eigenvalue weighted by molar-refractivity contribution is 6.00. The Morgan fingerprint density at radius 1 is 1.04 bits per heavy atom. The second-order valence-corrected chi connectivity index (χ2v) is 6.58. The number of ketones is 1. The van der Waals surface area contributed by atoms with Crippen LogP contribution in [0.1, 0.15) is 25.3 Å². The average Bonchev–Trinajstić information content (AvgIpc) is 3.09. The van der Waals surface area contributed by atoms with E-state index < -0.39 is 5.54 Å². The van der Waals surface area contributed by atoms with Crippen LogP contribution < -0.4 is 11.4 Å². The van der Waals surface area contributed by atoms with Gasteiger partial charge >= 0.3 is 11.4 Å². The summed E-state index contributed by atoms with van der Waals surface area (Å²) in [5.41, 5.74) is -0.196. The lowest BCUT2D eigenvalue weighted by Gasteiger charge is -2.24. The molecule has 6 heteroatoms. The first kappa shape index (κ1) is 13.5. The molecule has 1 saturated carbocycles. The molecule has 120 valence electrons. The van der Waals surface area contributed by atoms with Gasteiger partial charge in [-0.3, -0.25) is 4.79 Å². The summed E-state index contributed by atoms with van der Waals surface area (Å²) in [6.45, 7) is 0. The van der Waals surface area contributed by atoms with Gasteiger partial charge in [-0.05, 0) is 18.6 Å². The first-order valence-electron chi connectivity index (χ1n) is 8.08. The zero-order chi connectivity index (χ0) is 16.5. The number of hydrogen-bond donors (Lipinski definition) is 0. The summed E-state index contributed by atoms with van der Waals surface area (Å²) in [6.07, 6.45) is 7.15. The van der Waals surface area contributed by atoms with Crippen molar-refractivity contribution in [1.82, 2.24) is 13.9 Å². The van der Waals surface area contributed by atoms with Gasteiger partial charge in [-0.2, -0.15) is 0 Å². The van der Waals surface area contributed by atoms with E-state index in [1.807, 2.05) is 24.3 Å². The van der Waals surface area contributed by atoms with Gasteiger partial charge in [0.15, 0.2) is 5.78 Å². The van der Waals surface area contributed by atoms with E-state index in [2.05, 4.69) is 0 Å². The Bertz CT molecular complexity index is 1050. The maximum absolute atomic E-state index is 13.1. The molecule has 1 fully saturated rings. The van der Waals surface area contributed by atoms with Gasteiger partial charge in [0.2, 0.25) is 0 Å². The molecule has 24 heavy (non-hydrogen) atoms. The zero-order valence-corrected chi connectivity index (χ0v) is 12.9. The maximum atomic E-state index is 13.1. The lowest BCUT2D eigenvalue weighted by atomic mass is 9.88. The predicted octanol–water partition coefficient (Wildman–Crippen LogP) is 1.30. The van der Waals surface area contributed by atoms with Crippen LogP contribution in [-0.4, -0.2) is 19.7 Å². The molecule has 6 nitrogen and oxygen atoms in total. The third-order valence-electron chi connectivity index (χ3n) is 5.42. The minimum absolute atomic E-state index is 0.0700. The summed E-state index contributed by atoms with van der Waals surface area (Å²) in [6, 6.07) is 8.72. The number of carbonyl (C=O) groups excluding carboxylic acids is 1. The second kappa shape index (κ2) is 4.35. The van der Waals surface area contributed by atoms with Crippen LogP contribution in [0.25, 0.3) is 5.69 Å². The van der Waals surface area contributed by atoms with Gasteiger partial charge in [0.1, 0.15) is 0 Å². The number of carbonyl (C=O) groups is 1. The molecule has 2 atom stereocenters. The minimum Gasteiger partial charge on any atom is -0.294 e. The van der Waals surface area contributed by atoms with Crippen molar-refractivity contribution in [1.29, 1.82) is 0 Å². The topological polar surface area (TPSA) is 66.0 Å². The summed E-state index contributed by atoms with van der Waals surface area (Å²) in [4.78, 5) is 38.4. The van der Waals surface area contributed by atoms with Crippen molar-refractivity contribution in [3.8, 4) is 5.69 Å². The maximum Gasteiger partial charge on any atom is 0.352 e. The van der Waals surface area contributed by atoms with Gasteiger partial charge in [-0.1, -0.05) is 36.4 Å². The first-order chi connectivity index (χ1) is 11.6. The molecule has 2 aliphatic carbocycles. The molecule has 1 aromatic carbocycles. The highest BCUT2D eigenvalue weighted by Gasteiger charge is 2.54. The molecule has 5 rings (SSSR count). The second-order valence-electron chi connectivity index (χ2n) is 6.58. The van der Waals surface area contributed by atoms with Gasteiger partial charge in [-0.25, -0.2) is 23.5 Å². The summed E-state index contributed by atoms with van der Waals surface area (Å²) in [7, 11) is 0. The van der Waals surface area contributed by atoms with Crippen LogP contribution in [0.3, 0.4) is 0 Å². The monoisotopic (exact) mass is 321 g/mol. The van der Waals surface area contributed by atoms with Crippen molar-refractivity contribution in [2.45, 2.75) is 30.8 Å². The van der Waals surface area contributed by atoms with Gasteiger partial charge in [0, 0.05) is 18.4 Å². The molecule has 2 heterocycles. The zero-order valence-electron chi connectivity index (χ0n) is 12.9. The molecule has 1 aliphatic heterocycles. The van der Waals surface area contributed by atoms with Crippen LogP contribution >= 0.6 is 0 Å². The van der Waals surface area contributed by atoms with Crippen LogP contribution in [0.4, 0.5) is 0 Å². The van der Waals surface area contributed by atoms with Gasteiger partial charge in [-0.15, -0.1) is 0 Å². The molecule has 1 aromatic heterocycles. The average molecular weight is 321 g/mol. The number of fused-ring (bicyclic) bond motifs is 3. The van der Waals surface area contributed by atoms with Crippen molar-refractivity contribution >= 4 is 5.78 Å². The Balaban J connectivity index is 1.87. The smallest absolute Gasteiger partial charge is 0.294 e. The fourth-order valence-electron chi connectivity index (χ4n) is 4.41. The molecule has 1 spiro atoms. The van der Waals surface area contributed by atoms with Gasteiger partial charge < -0.3 is 0 Å². The van der Waals surface area contributed by atoms with E-state index in [0.29, 0.717) is 30.5 Å². The Kier molecular flexibility index (Phi) is 2.45. The molecule has 0 saturated heterocycles. The molecular formula is C18H15N3O3. The number of hydrogen-bond acceptors (Lipinski definition) is 3. The minimum atomic E-state index is -0.679. The van der Waals surface area contributed by atoms with Crippen molar-refractivity contribution in [2.24, 2.45) is 0 Å². The van der Waals surface area contributed by atoms with Crippen LogP contribution in [0.5, 0.6) is 0 Å². The van der Waals surface area contributed by atoms with Crippen LogP contribution in [0, 0.1) is 0 Å². The third-order valence-corrected chi connectivity index (χ3v) is 5.42. The predicted molar refractivity (Wildman–Crippen MR) is 87.4 cm³/mol. The highest BCUT2D eigenvalue weighted by Crippen LogP contribution is 2.49. The quantitative estimate of drug-likeness (QED) is 0.795. The standard InChI is InChI=1S/C18H15N3O3/c22-15-9-10-18-11-13(7-4-8-14(15)18)20-16(23)19(17(24)21(18)20)12-5-2-1-3-6-12/h1-8,13H,9-11H2/t13-,18+/m0/s1. The number of benzene rings is 1. The number of aromatic nitrogens is 3. The Morgan fingerprint density at radius 2 is 1.83 bits per heavy atom. The molecule has 0 unspecified atom stereocenters. The lowest BCUT2D eigenvalue weighted by molar-refractivity contribution is -0.114. The number of Topliss-reactive ketones (excluding diaryl/α,β-unsaturated/α-hetero) is 1. The van der Waals surface area contributed by atoms with Crippen LogP contribution in [0.2, 0.25) is 0 Å². The summed E-state index contributed by atoms with van der Waals surface area (Å²) in [5, 5.41) is 0. The Labute approximate surface area is 136 Å². The summed E-state index contributed by atoms with van der Waals surface area (Å²) in [5.74, 6) is 0.0700. The molecule has 0 amide bonds. The van der Waals surface area contributed by atoms with Crippen LogP contribution in [0.15, 0.2) is 63.7 Å². The summed E-state index contributed by atoms with van der Waals surface area (Å²) >= 11 is 0. The van der Waals surface area contributed by atoms with E-state index in [9.17, 15) is 14.4 Å². The van der Waals surface area contributed by atoms with Gasteiger partial charge in [0.05, 0.1) is 17.3 Å². The van der Waals surface area contributed by atoms with E-state index >= 15 is 0 Å². The Morgan fingerprint density at radius 3 is 2.62 bits per heavy atom. The van der Waals surface area contributed by atoms with E-state index in [1.54, 1.807) is 24.3 Å². The number of para-hydroxylation sites is 1.